The van der Waals surface area contributed by atoms with E-state index >= 15 is 0 Å². The summed E-state index contributed by atoms with van der Waals surface area (Å²) in [6.07, 6.45) is 5.34. The summed E-state index contributed by atoms with van der Waals surface area (Å²) in [4.78, 5) is 11.6. The quantitative estimate of drug-likeness (QED) is 0.799. The van der Waals surface area contributed by atoms with Crippen molar-refractivity contribution in [3.05, 3.63) is 0 Å². The van der Waals surface area contributed by atoms with Gasteiger partial charge in [0.15, 0.2) is 0 Å². The van der Waals surface area contributed by atoms with Crippen LogP contribution >= 0.6 is 0 Å². The van der Waals surface area contributed by atoms with E-state index in [1.807, 2.05) is 0 Å². The first-order valence-corrected chi connectivity index (χ1v) is 6.28. The van der Waals surface area contributed by atoms with Crippen molar-refractivity contribution >= 4 is 5.78 Å². The van der Waals surface area contributed by atoms with Crippen molar-refractivity contribution in [2.75, 3.05) is 13.2 Å². The second-order valence-corrected chi connectivity index (χ2v) is 5.80. The summed E-state index contributed by atoms with van der Waals surface area (Å²) in [5.41, 5.74) is 0.137. The molecule has 0 aromatic carbocycles. The van der Waals surface area contributed by atoms with Crippen molar-refractivity contribution in [3.8, 4) is 0 Å². The van der Waals surface area contributed by atoms with Gasteiger partial charge in [0, 0.05) is 11.8 Å². The molecule has 3 heteroatoms. The zero-order valence-electron chi connectivity index (χ0n) is 10.3. The minimum Gasteiger partial charge on any atom is -0.394 e. The molecule has 0 unspecified atom stereocenters. The van der Waals surface area contributed by atoms with Crippen LogP contribution in [0.3, 0.4) is 0 Å². The molecule has 16 heavy (non-hydrogen) atoms. The first kappa shape index (κ1) is 12.1. The van der Waals surface area contributed by atoms with Crippen LogP contribution in [0.5, 0.6) is 0 Å². The average Bonchev–Trinajstić information content (AvgIpc) is 2.28. The topological polar surface area (TPSA) is 46.5 Å². The lowest BCUT2D eigenvalue weighted by Gasteiger charge is -2.57. The van der Waals surface area contributed by atoms with Crippen molar-refractivity contribution in [3.63, 3.8) is 0 Å². The molecule has 0 bridgehead atoms. The second-order valence-electron chi connectivity index (χ2n) is 5.80. The van der Waals surface area contributed by atoms with Gasteiger partial charge in [0.2, 0.25) is 0 Å². The molecule has 0 atom stereocenters. The molecule has 2 rings (SSSR count). The largest absolute Gasteiger partial charge is 0.394 e. The predicted molar refractivity (Wildman–Crippen MR) is 61.1 cm³/mol. The van der Waals surface area contributed by atoms with Gasteiger partial charge in [-0.1, -0.05) is 13.8 Å². The Morgan fingerprint density at radius 3 is 2.44 bits per heavy atom. The van der Waals surface area contributed by atoms with Crippen LogP contribution in [-0.2, 0) is 9.53 Å². The lowest BCUT2D eigenvalue weighted by atomic mass is 9.45. The average molecular weight is 226 g/mol. The highest BCUT2D eigenvalue weighted by atomic mass is 16.5. The molecule has 0 aliphatic heterocycles. The molecule has 2 aliphatic carbocycles. The predicted octanol–water partition coefficient (Wildman–Crippen LogP) is 1.92. The molecule has 0 aromatic rings. The highest BCUT2D eigenvalue weighted by Gasteiger charge is 2.59. The normalized spacial score (nSPS) is 37.4. The zero-order chi connectivity index (χ0) is 11.8. The SMILES string of the molecule is CC1(C)C(=O)CC12CCC(OCCO)CC2. The summed E-state index contributed by atoms with van der Waals surface area (Å²) in [5.74, 6) is 0.419. The van der Waals surface area contributed by atoms with Gasteiger partial charge in [0.25, 0.3) is 0 Å². The number of aliphatic hydroxyl groups is 1. The standard InChI is InChI=1S/C13H22O3/c1-12(2)11(15)9-13(12)5-3-10(4-6-13)16-8-7-14/h10,14H,3-9H2,1-2H3. The lowest BCUT2D eigenvalue weighted by Crippen LogP contribution is -2.57. The molecule has 0 amide bonds. The van der Waals surface area contributed by atoms with E-state index in [2.05, 4.69) is 13.8 Å². The van der Waals surface area contributed by atoms with Crippen LogP contribution in [0, 0.1) is 10.8 Å². The molecule has 2 fully saturated rings. The van der Waals surface area contributed by atoms with Gasteiger partial charge in [0.05, 0.1) is 19.3 Å². The fourth-order valence-corrected chi connectivity index (χ4v) is 3.27. The zero-order valence-corrected chi connectivity index (χ0v) is 10.3. The molecule has 3 nitrogen and oxygen atoms in total. The molecule has 0 radical (unpaired) electrons. The third kappa shape index (κ3) is 1.70. The van der Waals surface area contributed by atoms with Gasteiger partial charge in [-0.3, -0.25) is 4.79 Å². The van der Waals surface area contributed by atoms with Crippen molar-refractivity contribution < 1.29 is 14.6 Å². The van der Waals surface area contributed by atoms with Crippen molar-refractivity contribution in [2.24, 2.45) is 10.8 Å². The Morgan fingerprint density at radius 1 is 1.38 bits per heavy atom. The number of carbonyl (C=O) groups is 1. The minimum absolute atomic E-state index is 0.103. The number of hydrogen-bond acceptors (Lipinski definition) is 3. The highest BCUT2D eigenvalue weighted by Crippen LogP contribution is 2.61. The molecule has 1 spiro atoms. The summed E-state index contributed by atoms with van der Waals surface area (Å²) in [6, 6.07) is 0. The van der Waals surface area contributed by atoms with Crippen LogP contribution in [-0.4, -0.2) is 30.2 Å². The molecule has 0 heterocycles. The first-order chi connectivity index (χ1) is 7.52. The van der Waals surface area contributed by atoms with Gasteiger partial charge in [0.1, 0.15) is 5.78 Å². The van der Waals surface area contributed by atoms with Gasteiger partial charge < -0.3 is 9.84 Å². The van der Waals surface area contributed by atoms with Crippen LogP contribution in [0.4, 0.5) is 0 Å². The maximum atomic E-state index is 11.6. The van der Waals surface area contributed by atoms with Crippen molar-refractivity contribution in [1.82, 2.24) is 0 Å². The summed E-state index contributed by atoms with van der Waals surface area (Å²) in [5, 5.41) is 8.71. The number of hydrogen-bond donors (Lipinski definition) is 1. The molecular weight excluding hydrogens is 204 g/mol. The number of rotatable bonds is 3. The van der Waals surface area contributed by atoms with E-state index in [9.17, 15) is 4.79 Å². The summed E-state index contributed by atoms with van der Waals surface area (Å²) in [6.45, 7) is 4.73. The first-order valence-electron chi connectivity index (χ1n) is 6.28. The van der Waals surface area contributed by atoms with Gasteiger partial charge in [-0.05, 0) is 31.1 Å². The number of Topliss-reactive ketones (excluding diaryl/α,β-unsaturated/α-hetero) is 1. The van der Waals surface area contributed by atoms with E-state index in [1.165, 1.54) is 0 Å². The van der Waals surface area contributed by atoms with Gasteiger partial charge in [-0.25, -0.2) is 0 Å². The summed E-state index contributed by atoms with van der Waals surface area (Å²) < 4.78 is 5.55. The summed E-state index contributed by atoms with van der Waals surface area (Å²) >= 11 is 0. The Labute approximate surface area is 97.2 Å². The summed E-state index contributed by atoms with van der Waals surface area (Å²) in [7, 11) is 0. The Balaban J connectivity index is 1.88. The minimum atomic E-state index is -0.116. The fourth-order valence-electron chi connectivity index (χ4n) is 3.27. The highest BCUT2D eigenvalue weighted by molar-refractivity contribution is 5.92. The molecular formula is C13H22O3. The molecule has 2 aliphatic rings. The van der Waals surface area contributed by atoms with E-state index in [0.29, 0.717) is 18.5 Å². The molecule has 0 saturated heterocycles. The van der Waals surface area contributed by atoms with E-state index in [0.717, 1.165) is 32.1 Å². The maximum Gasteiger partial charge on any atom is 0.139 e. The number of ether oxygens (including phenoxy) is 1. The Kier molecular flexibility index (Phi) is 3.10. The maximum absolute atomic E-state index is 11.6. The van der Waals surface area contributed by atoms with E-state index in [1.54, 1.807) is 0 Å². The third-order valence-electron chi connectivity index (χ3n) is 4.86. The Bertz CT molecular complexity index is 275. The van der Waals surface area contributed by atoms with E-state index in [4.69, 9.17) is 9.84 Å². The lowest BCUT2D eigenvalue weighted by molar-refractivity contribution is -0.165. The van der Waals surface area contributed by atoms with Crippen LogP contribution in [0.15, 0.2) is 0 Å². The molecule has 92 valence electrons. The van der Waals surface area contributed by atoms with Crippen LogP contribution in [0.25, 0.3) is 0 Å². The fraction of sp³-hybridized carbons (Fsp3) is 0.923. The van der Waals surface area contributed by atoms with E-state index in [-0.39, 0.29) is 17.4 Å². The van der Waals surface area contributed by atoms with E-state index < -0.39 is 0 Å². The van der Waals surface area contributed by atoms with Crippen LogP contribution in [0.2, 0.25) is 0 Å². The van der Waals surface area contributed by atoms with Crippen LogP contribution in [0.1, 0.15) is 46.0 Å². The van der Waals surface area contributed by atoms with Crippen molar-refractivity contribution in [2.45, 2.75) is 52.1 Å². The Morgan fingerprint density at radius 2 is 2.00 bits per heavy atom. The Hall–Kier alpha value is -0.410. The number of aliphatic hydroxyl groups excluding tert-OH is 1. The molecule has 2 saturated carbocycles. The smallest absolute Gasteiger partial charge is 0.139 e. The number of carbonyl (C=O) groups excluding carboxylic acids is 1. The van der Waals surface area contributed by atoms with Crippen molar-refractivity contribution in [1.29, 1.82) is 0 Å². The number of ketones is 1. The molecule has 1 N–H and O–H groups in total. The second kappa shape index (κ2) is 4.11. The van der Waals surface area contributed by atoms with Crippen LogP contribution < -0.4 is 0 Å². The van der Waals surface area contributed by atoms with Gasteiger partial charge in [-0.15, -0.1) is 0 Å². The molecule has 0 aromatic heterocycles. The van der Waals surface area contributed by atoms with Gasteiger partial charge in [-0.2, -0.15) is 0 Å². The third-order valence-corrected chi connectivity index (χ3v) is 4.86. The monoisotopic (exact) mass is 226 g/mol. The van der Waals surface area contributed by atoms with Gasteiger partial charge >= 0.3 is 0 Å².